The summed E-state index contributed by atoms with van der Waals surface area (Å²) < 4.78 is 0. The van der Waals surface area contributed by atoms with Gasteiger partial charge in [-0.15, -0.1) is 0 Å². The molecule has 0 aliphatic carbocycles. The summed E-state index contributed by atoms with van der Waals surface area (Å²) >= 11 is 5.98. The number of halogens is 1. The van der Waals surface area contributed by atoms with Gasteiger partial charge >= 0.3 is 11.8 Å². The molecule has 0 spiro atoms. The van der Waals surface area contributed by atoms with Gasteiger partial charge in [-0.05, 0) is 17.2 Å². The van der Waals surface area contributed by atoms with Gasteiger partial charge in [-0.3, -0.25) is 9.59 Å². The quantitative estimate of drug-likeness (QED) is 0.696. The van der Waals surface area contributed by atoms with E-state index in [2.05, 4.69) is 10.6 Å². The summed E-state index contributed by atoms with van der Waals surface area (Å²) in [5.74, 6) is -1.55. The Morgan fingerprint density at radius 3 is 2.29 bits per heavy atom. The summed E-state index contributed by atoms with van der Waals surface area (Å²) in [6.45, 7) is 0.172. The second kappa shape index (κ2) is 9.05. The molecule has 5 nitrogen and oxygen atoms in total. The van der Waals surface area contributed by atoms with Crippen LogP contribution < -0.4 is 10.6 Å². The number of aliphatic hydroxyl groups excluding tert-OH is 1. The molecule has 0 aromatic heterocycles. The largest absolute Gasteiger partial charge is 0.391 e. The number of benzene rings is 2. The van der Waals surface area contributed by atoms with E-state index < -0.39 is 17.9 Å². The summed E-state index contributed by atoms with van der Waals surface area (Å²) in [5, 5.41) is 15.4. The minimum atomic E-state index is -0.783. The molecule has 2 aromatic carbocycles. The van der Waals surface area contributed by atoms with Crippen LogP contribution in [0.15, 0.2) is 54.6 Å². The number of hydrogen-bond donors (Lipinski definition) is 3. The lowest BCUT2D eigenvalue weighted by atomic mass is 10.1. The van der Waals surface area contributed by atoms with Crippen molar-refractivity contribution in [1.82, 2.24) is 10.6 Å². The number of carbonyl (C=O) groups excluding carboxylic acids is 2. The predicted molar refractivity (Wildman–Crippen MR) is 92.5 cm³/mol. The number of rotatable bonds is 6. The van der Waals surface area contributed by atoms with Crippen molar-refractivity contribution in [3.8, 4) is 0 Å². The van der Waals surface area contributed by atoms with Gasteiger partial charge in [0.15, 0.2) is 0 Å². The molecule has 0 bridgehead atoms. The number of hydrogen-bond acceptors (Lipinski definition) is 3. The van der Waals surface area contributed by atoms with Crippen molar-refractivity contribution in [1.29, 1.82) is 0 Å². The SMILES string of the molecule is O=C(NCc1ccccc1Cl)C(=O)NCC(O)Cc1ccccc1. The third kappa shape index (κ3) is 5.68. The van der Waals surface area contributed by atoms with Crippen molar-refractivity contribution in [3.05, 3.63) is 70.7 Å². The molecule has 0 heterocycles. The Kier molecular flexibility index (Phi) is 6.78. The number of amides is 2. The monoisotopic (exact) mass is 346 g/mol. The van der Waals surface area contributed by atoms with Gasteiger partial charge in [-0.2, -0.15) is 0 Å². The lowest BCUT2D eigenvalue weighted by Crippen LogP contribution is -2.42. The molecule has 2 rings (SSSR count). The van der Waals surface area contributed by atoms with Crippen molar-refractivity contribution in [2.75, 3.05) is 6.54 Å². The average Bonchev–Trinajstić information content (AvgIpc) is 2.59. The van der Waals surface area contributed by atoms with E-state index in [1.807, 2.05) is 30.3 Å². The lowest BCUT2D eigenvalue weighted by Gasteiger charge is -2.12. The van der Waals surface area contributed by atoms with Crippen LogP contribution in [0.25, 0.3) is 0 Å². The Hall–Kier alpha value is -2.37. The van der Waals surface area contributed by atoms with Gasteiger partial charge in [0.2, 0.25) is 0 Å². The van der Waals surface area contributed by atoms with Crippen LogP contribution in [-0.4, -0.2) is 29.6 Å². The van der Waals surface area contributed by atoms with Crippen molar-refractivity contribution in [2.45, 2.75) is 19.1 Å². The van der Waals surface area contributed by atoms with Gasteiger partial charge in [0.25, 0.3) is 0 Å². The van der Waals surface area contributed by atoms with Crippen molar-refractivity contribution >= 4 is 23.4 Å². The zero-order chi connectivity index (χ0) is 17.4. The first-order chi connectivity index (χ1) is 11.6. The summed E-state index contributed by atoms with van der Waals surface area (Å²) in [7, 11) is 0. The van der Waals surface area contributed by atoms with Crippen LogP contribution in [-0.2, 0) is 22.6 Å². The van der Waals surface area contributed by atoms with E-state index in [0.29, 0.717) is 11.4 Å². The summed E-state index contributed by atoms with van der Waals surface area (Å²) in [5.41, 5.74) is 1.69. The molecule has 2 aromatic rings. The average molecular weight is 347 g/mol. The Bertz CT molecular complexity index is 692. The molecule has 0 aliphatic heterocycles. The zero-order valence-electron chi connectivity index (χ0n) is 13.0. The van der Waals surface area contributed by atoms with Gasteiger partial charge in [0.05, 0.1) is 6.10 Å². The molecule has 0 fully saturated rings. The first-order valence-corrected chi connectivity index (χ1v) is 7.95. The second-order valence-electron chi connectivity index (χ2n) is 5.33. The predicted octanol–water partition coefficient (Wildman–Crippen LogP) is 1.68. The third-order valence-electron chi connectivity index (χ3n) is 3.42. The highest BCUT2D eigenvalue weighted by molar-refractivity contribution is 6.35. The van der Waals surface area contributed by atoms with Gasteiger partial charge in [0, 0.05) is 24.5 Å². The minimum Gasteiger partial charge on any atom is -0.391 e. The molecule has 0 radical (unpaired) electrons. The second-order valence-corrected chi connectivity index (χ2v) is 5.73. The molecule has 0 aliphatic rings. The first kappa shape index (κ1) is 18.0. The van der Waals surface area contributed by atoms with Crippen LogP contribution in [0.4, 0.5) is 0 Å². The summed E-state index contributed by atoms with van der Waals surface area (Å²) in [4.78, 5) is 23.5. The molecule has 24 heavy (non-hydrogen) atoms. The maximum atomic E-state index is 11.8. The van der Waals surface area contributed by atoms with Crippen LogP contribution in [0, 0.1) is 0 Å². The lowest BCUT2D eigenvalue weighted by molar-refractivity contribution is -0.139. The van der Waals surface area contributed by atoms with E-state index in [-0.39, 0.29) is 13.1 Å². The van der Waals surface area contributed by atoms with Gasteiger partial charge in [0.1, 0.15) is 0 Å². The fourth-order valence-electron chi connectivity index (χ4n) is 2.15. The van der Waals surface area contributed by atoms with Gasteiger partial charge < -0.3 is 15.7 Å². The van der Waals surface area contributed by atoms with E-state index in [0.717, 1.165) is 11.1 Å². The van der Waals surface area contributed by atoms with Crippen molar-refractivity contribution in [3.63, 3.8) is 0 Å². The Morgan fingerprint density at radius 2 is 1.58 bits per heavy atom. The third-order valence-corrected chi connectivity index (χ3v) is 3.78. The van der Waals surface area contributed by atoms with Crippen LogP contribution in [0.3, 0.4) is 0 Å². The standard InChI is InChI=1S/C18H19ClN2O3/c19-16-9-5-4-8-14(16)11-20-17(23)18(24)21-12-15(22)10-13-6-2-1-3-7-13/h1-9,15,22H,10-12H2,(H,20,23)(H,21,24). The summed E-state index contributed by atoms with van der Waals surface area (Å²) in [6.07, 6.45) is -0.352. The Balaban J connectivity index is 1.73. The number of carbonyl (C=O) groups is 2. The Labute approximate surface area is 145 Å². The van der Waals surface area contributed by atoms with Crippen LogP contribution in [0.2, 0.25) is 5.02 Å². The number of aliphatic hydroxyl groups is 1. The summed E-state index contributed by atoms with van der Waals surface area (Å²) in [6, 6.07) is 16.5. The molecular weight excluding hydrogens is 328 g/mol. The normalized spacial score (nSPS) is 11.6. The molecule has 1 unspecified atom stereocenters. The van der Waals surface area contributed by atoms with E-state index in [1.165, 1.54) is 0 Å². The highest BCUT2D eigenvalue weighted by atomic mass is 35.5. The maximum Gasteiger partial charge on any atom is 0.309 e. The van der Waals surface area contributed by atoms with E-state index in [9.17, 15) is 14.7 Å². The van der Waals surface area contributed by atoms with E-state index >= 15 is 0 Å². The van der Waals surface area contributed by atoms with E-state index in [4.69, 9.17) is 11.6 Å². The van der Waals surface area contributed by atoms with Crippen LogP contribution in [0.5, 0.6) is 0 Å². The molecule has 6 heteroatoms. The fourth-order valence-corrected chi connectivity index (χ4v) is 2.35. The van der Waals surface area contributed by atoms with E-state index in [1.54, 1.807) is 24.3 Å². The molecule has 0 saturated heterocycles. The van der Waals surface area contributed by atoms with Crippen LogP contribution >= 0.6 is 11.6 Å². The molecule has 1 atom stereocenters. The highest BCUT2D eigenvalue weighted by Crippen LogP contribution is 2.14. The molecule has 3 N–H and O–H groups in total. The van der Waals surface area contributed by atoms with Gasteiger partial charge in [-0.25, -0.2) is 0 Å². The Morgan fingerprint density at radius 1 is 0.958 bits per heavy atom. The van der Waals surface area contributed by atoms with Gasteiger partial charge in [-0.1, -0.05) is 60.1 Å². The maximum absolute atomic E-state index is 11.8. The first-order valence-electron chi connectivity index (χ1n) is 7.57. The van der Waals surface area contributed by atoms with Crippen molar-refractivity contribution < 1.29 is 14.7 Å². The molecule has 2 amide bonds. The molecule has 0 saturated carbocycles. The number of nitrogens with one attached hydrogen (secondary N) is 2. The van der Waals surface area contributed by atoms with Crippen molar-refractivity contribution in [2.24, 2.45) is 0 Å². The molecule has 126 valence electrons. The topological polar surface area (TPSA) is 78.4 Å². The fraction of sp³-hybridized carbons (Fsp3) is 0.222. The zero-order valence-corrected chi connectivity index (χ0v) is 13.8. The molecular formula is C18H19ClN2O3. The smallest absolute Gasteiger partial charge is 0.309 e. The van der Waals surface area contributed by atoms with Crippen LogP contribution in [0.1, 0.15) is 11.1 Å². The highest BCUT2D eigenvalue weighted by Gasteiger charge is 2.15. The minimum absolute atomic E-state index is 0.00718.